The number of halogens is 2. The summed E-state index contributed by atoms with van der Waals surface area (Å²) in [6.07, 6.45) is 2.36. The van der Waals surface area contributed by atoms with Gasteiger partial charge < -0.3 is 11.9 Å². The first-order valence-electron chi connectivity index (χ1n) is 2.53. The summed E-state index contributed by atoms with van der Waals surface area (Å²) in [6, 6.07) is 0.398. The molecule has 0 aromatic carbocycles. The van der Waals surface area contributed by atoms with Gasteiger partial charge in [-0.2, -0.15) is 0 Å². The molecule has 4 heteroatoms. The summed E-state index contributed by atoms with van der Waals surface area (Å²) < 4.78 is 0. The first-order chi connectivity index (χ1) is 2.77. The number of hydrogen-bond donors (Lipinski definition) is 2. The summed E-state index contributed by atoms with van der Waals surface area (Å²) in [7, 11) is 0. The third-order valence-electron chi connectivity index (χ3n) is 0.744. The van der Waals surface area contributed by atoms with Gasteiger partial charge in [0.25, 0.3) is 0 Å². The van der Waals surface area contributed by atoms with Gasteiger partial charge in [-0.05, 0) is 13.3 Å². The van der Waals surface area contributed by atoms with Crippen molar-refractivity contribution in [1.82, 2.24) is 6.15 Å². The Morgan fingerprint density at radius 1 is 1.33 bits per heavy atom. The minimum absolute atomic E-state index is 0. The molecule has 0 aliphatic heterocycles. The molecule has 5 N–H and O–H groups in total. The van der Waals surface area contributed by atoms with Gasteiger partial charge in [-0.1, -0.05) is 13.3 Å². The van der Waals surface area contributed by atoms with Crippen molar-refractivity contribution in [2.75, 3.05) is 0 Å². The van der Waals surface area contributed by atoms with Crippen LogP contribution < -0.4 is 11.9 Å². The summed E-state index contributed by atoms with van der Waals surface area (Å²) >= 11 is 0. The second kappa shape index (κ2) is 15.8. The van der Waals surface area contributed by atoms with Crippen molar-refractivity contribution in [3.63, 3.8) is 0 Å². The molecule has 9 heavy (non-hydrogen) atoms. The van der Waals surface area contributed by atoms with Crippen LogP contribution in [-0.4, -0.2) is 6.04 Å². The Balaban J connectivity index is -0.0000000417. The minimum Gasteiger partial charge on any atom is -0.344 e. The molecule has 0 rings (SSSR count). The standard InChI is InChI=1S/C5H13N.2ClH.H3N/c1-3-4-5(2)6;;;/h5H,3-4,6H2,1-2H3;2*1H;1H3. The van der Waals surface area contributed by atoms with Crippen molar-refractivity contribution in [1.29, 1.82) is 0 Å². The van der Waals surface area contributed by atoms with Crippen LogP contribution in [0, 0.1) is 0 Å². The van der Waals surface area contributed by atoms with Gasteiger partial charge in [0.2, 0.25) is 0 Å². The van der Waals surface area contributed by atoms with Crippen molar-refractivity contribution >= 4 is 24.8 Å². The van der Waals surface area contributed by atoms with E-state index in [1.807, 2.05) is 6.92 Å². The van der Waals surface area contributed by atoms with E-state index in [9.17, 15) is 0 Å². The fraction of sp³-hybridized carbons (Fsp3) is 1.00. The van der Waals surface area contributed by atoms with Gasteiger partial charge in [0.1, 0.15) is 0 Å². The molecule has 0 spiro atoms. The lowest BCUT2D eigenvalue weighted by Crippen LogP contribution is -2.13. The highest BCUT2D eigenvalue weighted by Gasteiger charge is 1.85. The zero-order chi connectivity index (χ0) is 4.99. The second-order valence-electron chi connectivity index (χ2n) is 1.77. The Hall–Kier alpha value is 0.500. The Kier molecular flexibility index (Phi) is 39.8. The minimum atomic E-state index is 0. The van der Waals surface area contributed by atoms with Crippen molar-refractivity contribution in [3.8, 4) is 0 Å². The smallest absolute Gasteiger partial charge is 0.00103 e. The first-order valence-corrected chi connectivity index (χ1v) is 2.53. The quantitative estimate of drug-likeness (QED) is 0.678. The van der Waals surface area contributed by atoms with Gasteiger partial charge in [0.05, 0.1) is 0 Å². The van der Waals surface area contributed by atoms with Crippen LogP contribution >= 0.6 is 24.8 Å². The highest BCUT2D eigenvalue weighted by molar-refractivity contribution is 5.85. The van der Waals surface area contributed by atoms with Crippen LogP contribution in [0.1, 0.15) is 26.7 Å². The van der Waals surface area contributed by atoms with Gasteiger partial charge in [-0.25, -0.2) is 0 Å². The summed E-state index contributed by atoms with van der Waals surface area (Å²) in [6.45, 7) is 4.17. The van der Waals surface area contributed by atoms with Crippen molar-refractivity contribution in [2.45, 2.75) is 32.7 Å². The third kappa shape index (κ3) is 29.3. The maximum absolute atomic E-state index is 5.40. The highest BCUT2D eigenvalue weighted by Crippen LogP contribution is 1.88. The summed E-state index contributed by atoms with van der Waals surface area (Å²) in [5, 5.41) is 0. The molecule has 0 heterocycles. The van der Waals surface area contributed by atoms with E-state index < -0.39 is 0 Å². The highest BCUT2D eigenvalue weighted by atomic mass is 35.5. The van der Waals surface area contributed by atoms with E-state index in [2.05, 4.69) is 6.92 Å². The van der Waals surface area contributed by atoms with Crippen LogP contribution in [0.3, 0.4) is 0 Å². The summed E-state index contributed by atoms with van der Waals surface area (Å²) in [4.78, 5) is 0. The molecule has 0 radical (unpaired) electrons. The fourth-order valence-electron chi connectivity index (χ4n) is 0.455. The topological polar surface area (TPSA) is 61.0 Å². The number of nitrogens with two attached hydrogens (primary N) is 1. The van der Waals surface area contributed by atoms with Crippen LogP contribution in [0.15, 0.2) is 0 Å². The summed E-state index contributed by atoms with van der Waals surface area (Å²) in [5.74, 6) is 0. The molecular formula is C5H18Cl2N2. The molecule has 2 nitrogen and oxygen atoms in total. The van der Waals surface area contributed by atoms with Crippen LogP contribution in [0.5, 0.6) is 0 Å². The average molecular weight is 177 g/mol. The van der Waals surface area contributed by atoms with Crippen LogP contribution in [0.2, 0.25) is 0 Å². The largest absolute Gasteiger partial charge is 0.344 e. The second-order valence-corrected chi connectivity index (χ2v) is 1.77. The zero-order valence-electron chi connectivity index (χ0n) is 6.09. The average Bonchev–Trinajstić information content (AvgIpc) is 1.35. The van der Waals surface area contributed by atoms with E-state index in [0.29, 0.717) is 6.04 Å². The predicted molar refractivity (Wildman–Crippen MR) is 48.1 cm³/mol. The molecule has 0 aromatic heterocycles. The molecule has 0 aliphatic rings. The van der Waals surface area contributed by atoms with E-state index in [4.69, 9.17) is 5.73 Å². The van der Waals surface area contributed by atoms with Gasteiger partial charge in [0.15, 0.2) is 0 Å². The SMILES string of the molecule is CCCC(C)N.Cl.Cl.N. The molecule has 62 valence electrons. The van der Waals surface area contributed by atoms with Crippen molar-refractivity contribution in [2.24, 2.45) is 5.73 Å². The first kappa shape index (κ1) is 22.7. The molecule has 0 fully saturated rings. The van der Waals surface area contributed by atoms with Crippen LogP contribution in [0.4, 0.5) is 0 Å². The summed E-state index contributed by atoms with van der Waals surface area (Å²) in [5.41, 5.74) is 5.40. The number of rotatable bonds is 2. The molecule has 1 atom stereocenters. The van der Waals surface area contributed by atoms with Crippen LogP contribution in [-0.2, 0) is 0 Å². The molecule has 1 unspecified atom stereocenters. The van der Waals surface area contributed by atoms with E-state index in [1.54, 1.807) is 0 Å². The Morgan fingerprint density at radius 2 is 1.67 bits per heavy atom. The van der Waals surface area contributed by atoms with Gasteiger partial charge >= 0.3 is 0 Å². The lowest BCUT2D eigenvalue weighted by atomic mass is 10.2. The van der Waals surface area contributed by atoms with E-state index in [1.165, 1.54) is 6.42 Å². The number of hydrogen-bond acceptors (Lipinski definition) is 2. The monoisotopic (exact) mass is 176 g/mol. The molecular weight excluding hydrogens is 159 g/mol. The van der Waals surface area contributed by atoms with Crippen LogP contribution in [0.25, 0.3) is 0 Å². The van der Waals surface area contributed by atoms with Gasteiger partial charge in [-0.15, -0.1) is 24.8 Å². The molecule has 0 saturated carbocycles. The zero-order valence-corrected chi connectivity index (χ0v) is 7.73. The molecule has 0 bridgehead atoms. The van der Waals surface area contributed by atoms with Crippen molar-refractivity contribution in [3.05, 3.63) is 0 Å². The lowest BCUT2D eigenvalue weighted by Gasteiger charge is -1.96. The molecule has 0 amide bonds. The molecule has 0 aliphatic carbocycles. The van der Waals surface area contributed by atoms with E-state index >= 15 is 0 Å². The Bertz CT molecular complexity index is 34.1. The van der Waals surface area contributed by atoms with Gasteiger partial charge in [0, 0.05) is 6.04 Å². The molecule has 0 aromatic rings. The predicted octanol–water partition coefficient (Wildman–Crippen LogP) is 2.14. The molecule has 0 saturated heterocycles. The van der Waals surface area contributed by atoms with E-state index in [0.717, 1.165) is 6.42 Å². The maximum Gasteiger partial charge on any atom is 0.00103 e. The lowest BCUT2D eigenvalue weighted by molar-refractivity contribution is 0.653. The van der Waals surface area contributed by atoms with Gasteiger partial charge in [-0.3, -0.25) is 0 Å². The maximum atomic E-state index is 5.40. The normalized spacial score (nSPS) is 9.67. The fourth-order valence-corrected chi connectivity index (χ4v) is 0.455. The van der Waals surface area contributed by atoms with Crippen molar-refractivity contribution < 1.29 is 0 Å². The van der Waals surface area contributed by atoms with E-state index in [-0.39, 0.29) is 31.0 Å². The Morgan fingerprint density at radius 3 is 1.67 bits per heavy atom. The Labute approximate surface area is 70.0 Å². The third-order valence-corrected chi connectivity index (χ3v) is 0.744.